The van der Waals surface area contributed by atoms with Gasteiger partial charge in [-0.05, 0) is 49.4 Å². The Hall–Kier alpha value is -3.65. The van der Waals surface area contributed by atoms with Crippen molar-refractivity contribution in [2.75, 3.05) is 5.73 Å². The van der Waals surface area contributed by atoms with Crippen LogP contribution in [0.1, 0.15) is 45.0 Å². The summed E-state index contributed by atoms with van der Waals surface area (Å²) in [5.74, 6) is 0.692. The molecule has 2 fully saturated rings. The van der Waals surface area contributed by atoms with E-state index in [9.17, 15) is 9.59 Å². The van der Waals surface area contributed by atoms with Crippen LogP contribution in [0, 0.1) is 12.8 Å². The van der Waals surface area contributed by atoms with Crippen LogP contribution in [0.25, 0.3) is 21.4 Å². The number of thiazole rings is 1. The van der Waals surface area contributed by atoms with E-state index in [1.54, 1.807) is 12.1 Å². The maximum atomic E-state index is 13.8. The van der Waals surface area contributed by atoms with Crippen molar-refractivity contribution in [2.24, 2.45) is 11.7 Å². The van der Waals surface area contributed by atoms with Gasteiger partial charge in [-0.3, -0.25) is 9.59 Å². The Labute approximate surface area is 200 Å². The molecule has 3 atom stereocenters. The Morgan fingerprint density at radius 2 is 2.00 bits per heavy atom. The molecule has 1 saturated carbocycles. The number of amides is 2. The Bertz CT molecular complexity index is 1460. The molecule has 7 nitrogen and oxygen atoms in total. The number of furan rings is 1. The van der Waals surface area contributed by atoms with E-state index in [0.717, 1.165) is 34.6 Å². The fourth-order valence-corrected chi connectivity index (χ4v) is 6.13. The van der Waals surface area contributed by atoms with Gasteiger partial charge in [-0.1, -0.05) is 47.2 Å². The first-order valence-electron chi connectivity index (χ1n) is 11.4. The van der Waals surface area contributed by atoms with Gasteiger partial charge in [0.25, 0.3) is 5.91 Å². The second-order valence-electron chi connectivity index (χ2n) is 9.26. The predicted molar refractivity (Wildman–Crippen MR) is 132 cm³/mol. The molecule has 0 radical (unpaired) electrons. The Balaban J connectivity index is 1.32. The maximum absolute atomic E-state index is 13.8. The fourth-order valence-electron chi connectivity index (χ4n) is 5.30. The molecule has 4 N–H and O–H groups in total. The van der Waals surface area contributed by atoms with E-state index in [1.807, 2.05) is 42.2 Å². The molecular formula is C26H24N4O3S. The first-order valence-corrected chi connectivity index (χ1v) is 12.2. The van der Waals surface area contributed by atoms with E-state index >= 15 is 0 Å². The van der Waals surface area contributed by atoms with Crippen LogP contribution in [-0.2, 0) is 6.42 Å². The summed E-state index contributed by atoms with van der Waals surface area (Å²) in [5, 5.41) is 1.10. The SMILES string of the molecule is Cc1cccc(-c2sc(N)nc2C(=O)N2[C@H](Cc3cc4c(C(N)=O)cccc4o3)C[C@@H]3C[C@@H]32)c1. The van der Waals surface area contributed by atoms with Crippen molar-refractivity contribution in [3.63, 3.8) is 0 Å². The van der Waals surface area contributed by atoms with Gasteiger partial charge in [0.1, 0.15) is 17.0 Å². The van der Waals surface area contributed by atoms with Gasteiger partial charge in [-0.2, -0.15) is 0 Å². The van der Waals surface area contributed by atoms with E-state index in [2.05, 4.69) is 11.1 Å². The van der Waals surface area contributed by atoms with Crippen LogP contribution < -0.4 is 11.5 Å². The van der Waals surface area contributed by atoms with E-state index in [4.69, 9.17) is 15.9 Å². The number of primary amides is 1. The van der Waals surface area contributed by atoms with Crippen LogP contribution in [-0.4, -0.2) is 33.8 Å². The lowest BCUT2D eigenvalue weighted by Gasteiger charge is -2.27. The third-order valence-electron chi connectivity index (χ3n) is 6.89. The average molecular weight is 473 g/mol. The van der Waals surface area contributed by atoms with Crippen molar-refractivity contribution in [2.45, 2.75) is 38.3 Å². The van der Waals surface area contributed by atoms with Crippen molar-refractivity contribution in [1.82, 2.24) is 9.88 Å². The van der Waals surface area contributed by atoms with Crippen LogP contribution in [0.2, 0.25) is 0 Å². The lowest BCUT2D eigenvalue weighted by atomic mass is 10.0. The molecule has 8 heteroatoms. The second kappa shape index (κ2) is 7.70. The first-order chi connectivity index (χ1) is 16.4. The molecule has 2 aromatic carbocycles. The van der Waals surface area contributed by atoms with Gasteiger partial charge in [0.15, 0.2) is 5.13 Å². The van der Waals surface area contributed by atoms with Gasteiger partial charge >= 0.3 is 0 Å². The fraction of sp³-hybridized carbons (Fsp3) is 0.269. The molecule has 0 bridgehead atoms. The normalized spacial score (nSPS) is 21.1. The molecule has 34 heavy (non-hydrogen) atoms. The lowest BCUT2D eigenvalue weighted by Crippen LogP contribution is -2.40. The summed E-state index contributed by atoms with van der Waals surface area (Å²) >= 11 is 1.35. The standard InChI is InChI=1S/C26H24N4O3S/c1-13-4-2-5-14(8-13)23-22(29-26(28)34-23)25(32)30-16(9-15-10-20(15)30)11-17-12-19-18(24(27)31)6-3-7-21(19)33-17/h2-8,12,15-16,20H,9-11H2,1H3,(H2,27,31)(H2,28,29)/t15-,16+,20+/m1/s1. The van der Waals surface area contributed by atoms with Gasteiger partial charge in [0, 0.05) is 23.9 Å². The van der Waals surface area contributed by atoms with Crippen molar-refractivity contribution >= 4 is 39.3 Å². The van der Waals surface area contributed by atoms with Crippen LogP contribution in [0.5, 0.6) is 0 Å². The number of piperidine rings is 1. The Morgan fingerprint density at radius 3 is 2.79 bits per heavy atom. The monoisotopic (exact) mass is 472 g/mol. The average Bonchev–Trinajstić information content (AvgIpc) is 3.12. The maximum Gasteiger partial charge on any atom is 0.274 e. The first kappa shape index (κ1) is 20.9. The quantitative estimate of drug-likeness (QED) is 0.447. The summed E-state index contributed by atoms with van der Waals surface area (Å²) in [6.45, 7) is 2.03. The van der Waals surface area contributed by atoms with Crippen LogP contribution in [0.3, 0.4) is 0 Å². The highest BCUT2D eigenvalue weighted by Crippen LogP contribution is 2.50. The van der Waals surface area contributed by atoms with Gasteiger partial charge in [-0.25, -0.2) is 4.98 Å². The van der Waals surface area contributed by atoms with E-state index in [0.29, 0.717) is 39.7 Å². The highest BCUT2D eigenvalue weighted by atomic mass is 32.1. The van der Waals surface area contributed by atoms with E-state index in [1.165, 1.54) is 11.3 Å². The number of nitrogens with zero attached hydrogens (tertiary/aromatic N) is 2. The number of rotatable bonds is 5. The topological polar surface area (TPSA) is 115 Å². The molecule has 2 amide bonds. The number of nitrogen functional groups attached to an aromatic ring is 1. The number of fused-ring (bicyclic) bond motifs is 2. The molecular weight excluding hydrogens is 448 g/mol. The molecule has 4 aromatic rings. The molecule has 3 heterocycles. The predicted octanol–water partition coefficient (Wildman–Crippen LogP) is 4.39. The largest absolute Gasteiger partial charge is 0.461 e. The van der Waals surface area contributed by atoms with Crippen molar-refractivity contribution in [3.05, 3.63) is 71.1 Å². The zero-order valence-corrected chi connectivity index (χ0v) is 19.5. The Kier molecular flexibility index (Phi) is 4.74. The minimum atomic E-state index is -0.485. The smallest absolute Gasteiger partial charge is 0.274 e. The number of benzene rings is 2. The summed E-state index contributed by atoms with van der Waals surface area (Å²) in [7, 11) is 0. The van der Waals surface area contributed by atoms with Crippen molar-refractivity contribution < 1.29 is 14.0 Å². The number of aryl methyl sites for hydroxylation is 1. The van der Waals surface area contributed by atoms with Crippen LogP contribution in [0.4, 0.5) is 5.13 Å². The number of hydrogen-bond donors (Lipinski definition) is 2. The number of carbonyl (C=O) groups excluding carboxylic acids is 2. The molecule has 0 unspecified atom stereocenters. The van der Waals surface area contributed by atoms with Gasteiger partial charge in [0.2, 0.25) is 5.91 Å². The molecule has 1 aliphatic carbocycles. The summed E-state index contributed by atoms with van der Waals surface area (Å²) < 4.78 is 6.04. The number of anilines is 1. The molecule has 0 spiro atoms. The summed E-state index contributed by atoms with van der Waals surface area (Å²) in [5.41, 5.74) is 15.1. The molecule has 172 valence electrons. The highest BCUT2D eigenvalue weighted by Gasteiger charge is 2.54. The molecule has 2 aromatic heterocycles. The number of hydrogen-bond acceptors (Lipinski definition) is 6. The van der Waals surface area contributed by atoms with Crippen molar-refractivity contribution in [3.8, 4) is 10.4 Å². The third kappa shape index (κ3) is 3.45. The molecule has 1 saturated heterocycles. The van der Waals surface area contributed by atoms with Crippen LogP contribution >= 0.6 is 11.3 Å². The summed E-state index contributed by atoms with van der Waals surface area (Å²) in [6, 6.07) is 15.4. The van der Waals surface area contributed by atoms with Crippen LogP contribution in [0.15, 0.2) is 52.9 Å². The zero-order chi connectivity index (χ0) is 23.6. The zero-order valence-electron chi connectivity index (χ0n) is 18.7. The Morgan fingerprint density at radius 1 is 1.18 bits per heavy atom. The number of aromatic nitrogens is 1. The van der Waals surface area contributed by atoms with Gasteiger partial charge in [-0.15, -0.1) is 0 Å². The molecule has 2 aliphatic rings. The van der Waals surface area contributed by atoms with E-state index < -0.39 is 5.91 Å². The minimum absolute atomic E-state index is 0.00197. The van der Waals surface area contributed by atoms with Crippen molar-refractivity contribution in [1.29, 1.82) is 0 Å². The second-order valence-corrected chi connectivity index (χ2v) is 10.3. The summed E-state index contributed by atoms with van der Waals surface area (Å²) in [6.07, 6.45) is 2.52. The highest BCUT2D eigenvalue weighted by molar-refractivity contribution is 7.19. The minimum Gasteiger partial charge on any atom is -0.461 e. The third-order valence-corrected chi connectivity index (χ3v) is 7.82. The number of nitrogens with two attached hydrogens (primary N) is 2. The molecule has 1 aliphatic heterocycles. The van der Waals surface area contributed by atoms with E-state index in [-0.39, 0.29) is 18.0 Å². The lowest BCUT2D eigenvalue weighted by molar-refractivity contribution is 0.0692. The van der Waals surface area contributed by atoms with Gasteiger partial charge in [0.05, 0.1) is 10.4 Å². The number of carbonyl (C=O) groups is 2. The summed E-state index contributed by atoms with van der Waals surface area (Å²) in [4.78, 5) is 32.9. The number of likely N-dealkylation sites (tertiary alicyclic amines) is 1. The molecule has 6 rings (SSSR count). The van der Waals surface area contributed by atoms with Gasteiger partial charge < -0.3 is 20.8 Å².